The number of ether oxygens (including phenoxy) is 1. The van der Waals surface area contributed by atoms with Gasteiger partial charge in [0.15, 0.2) is 15.7 Å². The number of hydrogen-bond acceptors (Lipinski definition) is 6. The van der Waals surface area contributed by atoms with Gasteiger partial charge in [0.2, 0.25) is 0 Å². The maximum atomic E-state index is 15.4. The zero-order chi connectivity index (χ0) is 28.5. The Bertz CT molecular complexity index is 1460. The van der Waals surface area contributed by atoms with Gasteiger partial charge in [0.05, 0.1) is 22.5 Å². The molecule has 0 N–H and O–H groups in total. The molecule has 2 aromatic heterocycles. The highest BCUT2D eigenvalue weighted by Crippen LogP contribution is 2.29. The summed E-state index contributed by atoms with van der Waals surface area (Å²) >= 11 is 0. The topological polar surface area (TPSA) is 84.7 Å². The fourth-order valence-electron chi connectivity index (χ4n) is 4.88. The molecule has 0 spiro atoms. The summed E-state index contributed by atoms with van der Waals surface area (Å²) in [5.41, 5.74) is 0.113. The molecule has 1 aliphatic heterocycles. The fraction of sp³-hybridized carbons (Fsp3) is 0.500. The summed E-state index contributed by atoms with van der Waals surface area (Å²) < 4.78 is 61.7. The fourth-order valence-corrected chi connectivity index (χ4v) is 6.35. The van der Waals surface area contributed by atoms with Gasteiger partial charge in [-0.2, -0.15) is 0 Å². The number of halogens is 2. The van der Waals surface area contributed by atoms with Crippen LogP contribution >= 0.6 is 0 Å². The molecule has 8 nitrogen and oxygen atoms in total. The second-order valence-corrected chi connectivity index (χ2v) is 13.2. The Kier molecular flexibility index (Phi) is 8.20. The van der Waals surface area contributed by atoms with Gasteiger partial charge in [0, 0.05) is 37.9 Å². The summed E-state index contributed by atoms with van der Waals surface area (Å²) in [5, 5.41) is 0. The molecule has 3 heterocycles. The average Bonchev–Trinajstić information content (AvgIpc) is 3.27. The number of nitrogens with zero attached hydrogens (tertiary/aromatic N) is 4. The van der Waals surface area contributed by atoms with E-state index in [1.807, 2.05) is 27.8 Å². The van der Waals surface area contributed by atoms with E-state index in [0.717, 1.165) is 18.9 Å². The van der Waals surface area contributed by atoms with Crippen LogP contribution in [0.2, 0.25) is 0 Å². The Hall–Kier alpha value is -3.21. The zero-order valence-corrected chi connectivity index (χ0v) is 23.9. The smallest absolute Gasteiger partial charge is 0.410 e. The molecule has 0 bridgehead atoms. The number of fused-ring (bicyclic) bond motifs is 1. The van der Waals surface area contributed by atoms with Gasteiger partial charge in [0.1, 0.15) is 22.9 Å². The molecule has 3 aromatic rings. The van der Waals surface area contributed by atoms with Gasteiger partial charge in [-0.3, -0.25) is 0 Å². The van der Waals surface area contributed by atoms with Crippen LogP contribution < -0.4 is 4.90 Å². The minimum atomic E-state index is -3.51. The highest BCUT2D eigenvalue weighted by molar-refractivity contribution is 7.90. The first-order valence-electron chi connectivity index (χ1n) is 13.2. The van der Waals surface area contributed by atoms with Crippen molar-refractivity contribution in [1.29, 1.82) is 0 Å². The van der Waals surface area contributed by atoms with Crippen LogP contribution in [0.25, 0.3) is 16.7 Å². The minimum Gasteiger partial charge on any atom is -0.444 e. The van der Waals surface area contributed by atoms with Gasteiger partial charge < -0.3 is 19.1 Å². The van der Waals surface area contributed by atoms with Gasteiger partial charge in [0.25, 0.3) is 0 Å². The van der Waals surface area contributed by atoms with Crippen LogP contribution in [0.15, 0.2) is 36.5 Å². The third-order valence-corrected chi connectivity index (χ3v) is 8.61. The average molecular weight is 563 g/mol. The van der Waals surface area contributed by atoms with E-state index in [1.54, 1.807) is 30.0 Å². The molecular formula is C28H36F2N4O4S. The third kappa shape index (κ3) is 6.51. The monoisotopic (exact) mass is 562 g/mol. The molecule has 0 radical (unpaired) electrons. The van der Waals surface area contributed by atoms with Crippen LogP contribution in [0.1, 0.15) is 52.5 Å². The lowest BCUT2D eigenvalue weighted by atomic mass is 10.0. The molecule has 212 valence electrons. The van der Waals surface area contributed by atoms with Gasteiger partial charge >= 0.3 is 6.09 Å². The molecule has 0 saturated carbocycles. The van der Waals surface area contributed by atoms with Crippen molar-refractivity contribution < 1.29 is 26.7 Å². The van der Waals surface area contributed by atoms with Gasteiger partial charge in [-0.1, -0.05) is 13.0 Å². The lowest BCUT2D eigenvalue weighted by Gasteiger charge is -2.37. The number of piperidine rings is 1. The first-order chi connectivity index (χ1) is 18.3. The Balaban J connectivity index is 1.54. The Morgan fingerprint density at radius 1 is 1.13 bits per heavy atom. The molecule has 1 aromatic carbocycles. The van der Waals surface area contributed by atoms with E-state index < -0.39 is 32.8 Å². The van der Waals surface area contributed by atoms with Crippen LogP contribution in [0.5, 0.6) is 0 Å². The lowest BCUT2D eigenvalue weighted by molar-refractivity contribution is 0.0205. The second kappa shape index (κ2) is 11.1. The van der Waals surface area contributed by atoms with E-state index in [1.165, 1.54) is 16.8 Å². The molecule has 0 aliphatic carbocycles. The quantitative estimate of drug-likeness (QED) is 0.380. The van der Waals surface area contributed by atoms with E-state index in [-0.39, 0.29) is 29.1 Å². The number of carbonyl (C=O) groups is 1. The van der Waals surface area contributed by atoms with Gasteiger partial charge in [-0.25, -0.2) is 27.0 Å². The molecule has 0 unspecified atom stereocenters. The number of anilines is 1. The molecule has 0 atom stereocenters. The Morgan fingerprint density at radius 2 is 1.82 bits per heavy atom. The van der Waals surface area contributed by atoms with Crippen molar-refractivity contribution in [3.63, 3.8) is 0 Å². The van der Waals surface area contributed by atoms with E-state index in [4.69, 9.17) is 9.72 Å². The number of amides is 1. The third-order valence-electron chi connectivity index (χ3n) is 6.83. The van der Waals surface area contributed by atoms with Crippen molar-refractivity contribution >= 4 is 32.8 Å². The van der Waals surface area contributed by atoms with Crippen molar-refractivity contribution in [2.45, 2.75) is 64.4 Å². The summed E-state index contributed by atoms with van der Waals surface area (Å²) in [6, 6.07) is 7.67. The highest BCUT2D eigenvalue weighted by Gasteiger charge is 2.29. The van der Waals surface area contributed by atoms with Crippen molar-refractivity contribution in [3.8, 4) is 5.69 Å². The molecule has 4 rings (SSSR count). The van der Waals surface area contributed by atoms with E-state index in [9.17, 15) is 17.6 Å². The minimum absolute atomic E-state index is 0.0636. The number of sulfone groups is 1. The Morgan fingerprint density at radius 3 is 2.46 bits per heavy atom. The molecule has 39 heavy (non-hydrogen) atoms. The number of carbonyl (C=O) groups excluding carboxylic acids is 1. The van der Waals surface area contributed by atoms with Crippen LogP contribution in [0.4, 0.5) is 19.4 Å². The molecule has 1 aliphatic rings. The summed E-state index contributed by atoms with van der Waals surface area (Å²) in [6.45, 7) is 8.42. The van der Waals surface area contributed by atoms with Gasteiger partial charge in [-0.15, -0.1) is 0 Å². The normalized spacial score (nSPS) is 15.1. The van der Waals surface area contributed by atoms with Crippen LogP contribution in [0, 0.1) is 11.6 Å². The van der Waals surface area contributed by atoms with Crippen molar-refractivity contribution in [2.24, 2.45) is 0 Å². The second-order valence-electron chi connectivity index (χ2n) is 11.0. The van der Waals surface area contributed by atoms with E-state index in [0.29, 0.717) is 36.4 Å². The standard InChI is InChI=1S/C28H36F2N4O4S/c1-6-17-39(36,37)18-19-7-8-21(29)26(25(19)30)34-16-13-22-23(34)9-10-24(31-22)32(5)20-11-14-33(15-12-20)27(35)38-28(2,3)4/h7-10,13,16,20H,6,11-12,14-15,17-18H2,1-5H3. The SMILES string of the molecule is CCCS(=O)(=O)Cc1ccc(F)c(-n2ccc3nc(N(C)C4CCN(C(=O)OC(C)(C)C)CC4)ccc32)c1F. The number of hydrogen-bond donors (Lipinski definition) is 0. The highest BCUT2D eigenvalue weighted by atomic mass is 32.2. The zero-order valence-electron chi connectivity index (χ0n) is 23.1. The molecule has 1 saturated heterocycles. The van der Waals surface area contributed by atoms with Crippen molar-refractivity contribution in [3.05, 3.63) is 53.7 Å². The van der Waals surface area contributed by atoms with Crippen molar-refractivity contribution in [1.82, 2.24) is 14.5 Å². The molecular weight excluding hydrogens is 526 g/mol. The van der Waals surface area contributed by atoms with Crippen LogP contribution in [-0.4, -0.2) is 66.5 Å². The summed E-state index contributed by atoms with van der Waals surface area (Å²) in [4.78, 5) is 20.9. The number of benzene rings is 1. The first-order valence-corrected chi connectivity index (χ1v) is 15.0. The van der Waals surface area contributed by atoms with E-state index >= 15 is 4.39 Å². The molecule has 11 heteroatoms. The van der Waals surface area contributed by atoms with Gasteiger partial charge in [-0.05, 0) is 64.3 Å². The predicted molar refractivity (Wildman–Crippen MR) is 148 cm³/mol. The number of rotatable bonds is 7. The molecule has 1 amide bonds. The van der Waals surface area contributed by atoms with Crippen molar-refractivity contribution in [2.75, 3.05) is 30.8 Å². The summed E-state index contributed by atoms with van der Waals surface area (Å²) in [6.07, 6.45) is 3.15. The van der Waals surface area contributed by atoms with Crippen LogP contribution in [0.3, 0.4) is 0 Å². The maximum absolute atomic E-state index is 15.4. The Labute approximate surface area is 228 Å². The van der Waals surface area contributed by atoms with Crippen LogP contribution in [-0.2, 0) is 20.3 Å². The van der Waals surface area contributed by atoms with E-state index in [2.05, 4.69) is 4.90 Å². The molecule has 1 fully saturated rings. The predicted octanol–water partition coefficient (Wildman–Crippen LogP) is 5.46. The largest absolute Gasteiger partial charge is 0.444 e. The summed E-state index contributed by atoms with van der Waals surface area (Å²) in [5.74, 6) is -1.54. The summed E-state index contributed by atoms with van der Waals surface area (Å²) in [7, 11) is -1.57. The lowest BCUT2D eigenvalue weighted by Crippen LogP contribution is -2.47. The first kappa shape index (κ1) is 28.8. The number of likely N-dealkylation sites (tertiary alicyclic amines) is 1. The number of aromatic nitrogens is 2. The maximum Gasteiger partial charge on any atom is 0.410 e. The number of pyridine rings is 1.